The summed E-state index contributed by atoms with van der Waals surface area (Å²) in [5.74, 6) is 1.33. The topological polar surface area (TPSA) is 130 Å². The molecule has 0 aliphatic carbocycles. The van der Waals surface area contributed by atoms with Gasteiger partial charge in [-0.25, -0.2) is 0 Å². The fourth-order valence-electron chi connectivity index (χ4n) is 4.12. The fourth-order valence-corrected chi connectivity index (χ4v) is 4.12. The molecule has 0 spiro atoms. The number of H-pyrrole nitrogens is 1. The zero-order valence-corrected chi connectivity index (χ0v) is 20.6. The summed E-state index contributed by atoms with van der Waals surface area (Å²) >= 11 is 0. The summed E-state index contributed by atoms with van der Waals surface area (Å²) in [7, 11) is 1.58. The van der Waals surface area contributed by atoms with Crippen molar-refractivity contribution in [3.8, 4) is 11.8 Å². The van der Waals surface area contributed by atoms with Gasteiger partial charge in [0.2, 0.25) is 5.95 Å². The predicted octanol–water partition coefficient (Wildman–Crippen LogP) is 3.60. The minimum absolute atomic E-state index is 0.0766. The Hall–Kier alpha value is -4.09. The van der Waals surface area contributed by atoms with E-state index < -0.39 is 0 Å². The lowest BCUT2D eigenvalue weighted by Gasteiger charge is -2.26. The predicted molar refractivity (Wildman–Crippen MR) is 137 cm³/mol. The van der Waals surface area contributed by atoms with E-state index >= 15 is 0 Å². The van der Waals surface area contributed by atoms with E-state index in [1.807, 2.05) is 47.5 Å². The van der Waals surface area contributed by atoms with Crippen molar-refractivity contribution in [2.24, 2.45) is 10.2 Å². The van der Waals surface area contributed by atoms with Gasteiger partial charge < -0.3 is 29.2 Å². The van der Waals surface area contributed by atoms with Gasteiger partial charge in [-0.3, -0.25) is 0 Å². The first-order valence-electron chi connectivity index (χ1n) is 12.1. The van der Waals surface area contributed by atoms with E-state index in [1.165, 1.54) is 0 Å². The molecular formula is C26H29N7O4. The molecule has 2 N–H and O–H groups in total. The average molecular weight is 504 g/mol. The number of aromatic nitrogens is 4. The average Bonchev–Trinajstić information content (AvgIpc) is 3.36. The summed E-state index contributed by atoms with van der Waals surface area (Å²) in [4.78, 5) is 18.7. The molecule has 0 atom stereocenters. The number of fused-ring (bicyclic) bond motifs is 1. The summed E-state index contributed by atoms with van der Waals surface area (Å²) in [6, 6.07) is 13.9. The number of nitrogens with one attached hydrogen (secondary N) is 1. The second kappa shape index (κ2) is 11.8. The van der Waals surface area contributed by atoms with Crippen LogP contribution in [0.5, 0.6) is 11.8 Å². The summed E-state index contributed by atoms with van der Waals surface area (Å²) in [6.07, 6.45) is 2.55. The van der Waals surface area contributed by atoms with Gasteiger partial charge in [0.05, 0.1) is 40.1 Å². The van der Waals surface area contributed by atoms with Crippen LogP contribution >= 0.6 is 0 Å². The first-order valence-corrected chi connectivity index (χ1v) is 12.1. The quantitative estimate of drug-likeness (QED) is 0.314. The van der Waals surface area contributed by atoms with Gasteiger partial charge in [-0.1, -0.05) is 30.3 Å². The fraction of sp³-hybridized carbons (Fsp3) is 0.346. The zero-order valence-electron chi connectivity index (χ0n) is 20.6. The zero-order chi connectivity index (χ0) is 25.5. The molecule has 11 heteroatoms. The molecule has 0 unspecified atom stereocenters. The van der Waals surface area contributed by atoms with E-state index in [2.05, 4.69) is 36.2 Å². The standard InChI is InChI=1S/C26H29N7O4/c1-35-23-14-18(6-7-19(23)17-34)8-11-37-26-30-24(29-25(31-26)33-9-12-36-13-10-33)32-28-16-20-15-27-22-5-3-2-4-21(20)22/h2-7,14-15,27,34H,8-13,16-17H2,1H3. The SMILES string of the molecule is COc1cc(CCOc2nc(N=NCc3c[nH]c4ccccc34)nc(N3CCOCC3)n2)ccc1CO. The molecular weight excluding hydrogens is 474 g/mol. The van der Waals surface area contributed by atoms with Crippen LogP contribution in [-0.4, -0.2) is 65.1 Å². The van der Waals surface area contributed by atoms with Crippen LogP contribution in [0.1, 0.15) is 16.7 Å². The Bertz CT molecular complexity index is 1370. The van der Waals surface area contributed by atoms with E-state index in [9.17, 15) is 5.11 Å². The molecule has 5 rings (SSSR count). The minimum Gasteiger partial charge on any atom is -0.496 e. The summed E-state index contributed by atoms with van der Waals surface area (Å²) in [5.41, 5.74) is 3.85. The number of aliphatic hydroxyl groups excluding tert-OH is 1. The smallest absolute Gasteiger partial charge is 0.323 e. The van der Waals surface area contributed by atoms with Crippen LogP contribution < -0.4 is 14.4 Å². The Morgan fingerprint density at radius 2 is 1.95 bits per heavy atom. The van der Waals surface area contributed by atoms with Gasteiger partial charge in [-0.05, 0) is 17.7 Å². The number of methoxy groups -OCH3 is 1. The van der Waals surface area contributed by atoms with Gasteiger partial charge in [0, 0.05) is 47.7 Å². The number of azo groups is 1. The molecule has 37 heavy (non-hydrogen) atoms. The Morgan fingerprint density at radius 1 is 1.08 bits per heavy atom. The number of hydrogen-bond donors (Lipinski definition) is 2. The third-order valence-corrected chi connectivity index (χ3v) is 6.11. The number of aliphatic hydroxyl groups is 1. The van der Waals surface area contributed by atoms with Crippen molar-refractivity contribution >= 4 is 22.8 Å². The molecule has 11 nitrogen and oxygen atoms in total. The Balaban J connectivity index is 1.30. The van der Waals surface area contributed by atoms with Crippen molar-refractivity contribution in [2.75, 3.05) is 44.9 Å². The third-order valence-electron chi connectivity index (χ3n) is 6.11. The van der Waals surface area contributed by atoms with Crippen LogP contribution in [0.2, 0.25) is 0 Å². The van der Waals surface area contributed by atoms with Crippen molar-refractivity contribution in [1.82, 2.24) is 19.9 Å². The highest BCUT2D eigenvalue weighted by molar-refractivity contribution is 5.82. The highest BCUT2D eigenvalue weighted by atomic mass is 16.5. The maximum absolute atomic E-state index is 9.43. The Morgan fingerprint density at radius 3 is 2.78 bits per heavy atom. The van der Waals surface area contributed by atoms with Crippen molar-refractivity contribution < 1.29 is 19.3 Å². The number of nitrogens with zero attached hydrogens (tertiary/aromatic N) is 6. The van der Waals surface area contributed by atoms with Crippen LogP contribution in [0.3, 0.4) is 0 Å². The maximum atomic E-state index is 9.43. The van der Waals surface area contributed by atoms with Gasteiger partial charge in [-0.2, -0.15) is 20.1 Å². The molecule has 0 saturated carbocycles. The molecule has 192 valence electrons. The number of rotatable bonds is 10. The molecule has 0 amide bonds. The molecule has 1 fully saturated rings. The largest absolute Gasteiger partial charge is 0.496 e. The van der Waals surface area contributed by atoms with Crippen LogP contribution in [0.15, 0.2) is 58.9 Å². The maximum Gasteiger partial charge on any atom is 0.323 e. The van der Waals surface area contributed by atoms with E-state index in [-0.39, 0.29) is 18.6 Å². The highest BCUT2D eigenvalue weighted by Crippen LogP contribution is 2.23. The molecule has 0 bridgehead atoms. The van der Waals surface area contributed by atoms with E-state index in [4.69, 9.17) is 14.2 Å². The van der Waals surface area contributed by atoms with E-state index in [0.717, 1.165) is 27.6 Å². The number of aromatic amines is 1. The van der Waals surface area contributed by atoms with Gasteiger partial charge >= 0.3 is 6.01 Å². The lowest BCUT2D eigenvalue weighted by atomic mass is 10.1. The summed E-state index contributed by atoms with van der Waals surface area (Å²) < 4.78 is 16.7. The molecule has 0 radical (unpaired) electrons. The molecule has 2 aromatic heterocycles. The summed E-state index contributed by atoms with van der Waals surface area (Å²) in [6.45, 7) is 3.21. The van der Waals surface area contributed by atoms with Crippen molar-refractivity contribution in [2.45, 2.75) is 19.6 Å². The first kappa shape index (κ1) is 24.6. The summed E-state index contributed by atoms with van der Waals surface area (Å²) in [5, 5.41) is 19.2. The van der Waals surface area contributed by atoms with Crippen molar-refractivity contribution in [3.63, 3.8) is 0 Å². The molecule has 1 aliphatic heterocycles. The van der Waals surface area contributed by atoms with Gasteiger partial charge in [0.15, 0.2) is 0 Å². The number of ether oxygens (including phenoxy) is 3. The van der Waals surface area contributed by atoms with E-state index in [1.54, 1.807) is 7.11 Å². The molecule has 1 saturated heterocycles. The monoisotopic (exact) mass is 503 g/mol. The van der Waals surface area contributed by atoms with Crippen LogP contribution in [0.25, 0.3) is 10.9 Å². The van der Waals surface area contributed by atoms with Crippen molar-refractivity contribution in [1.29, 1.82) is 0 Å². The van der Waals surface area contributed by atoms with E-state index in [0.29, 0.717) is 57.6 Å². The second-order valence-corrected chi connectivity index (χ2v) is 8.48. The van der Waals surface area contributed by atoms with Crippen LogP contribution in [-0.2, 0) is 24.3 Å². The molecule has 3 heterocycles. The number of hydrogen-bond acceptors (Lipinski definition) is 10. The first-order chi connectivity index (χ1) is 18.2. The normalized spacial score (nSPS) is 13.9. The lowest BCUT2D eigenvalue weighted by molar-refractivity contribution is 0.122. The molecule has 4 aromatic rings. The van der Waals surface area contributed by atoms with Gasteiger partial charge in [-0.15, -0.1) is 5.11 Å². The van der Waals surface area contributed by atoms with Crippen LogP contribution in [0.4, 0.5) is 11.9 Å². The second-order valence-electron chi connectivity index (χ2n) is 8.48. The number of para-hydroxylation sites is 1. The number of morpholine rings is 1. The molecule has 1 aliphatic rings. The number of anilines is 1. The van der Waals surface area contributed by atoms with Gasteiger partial charge in [0.1, 0.15) is 5.75 Å². The van der Waals surface area contributed by atoms with Gasteiger partial charge in [0.25, 0.3) is 5.95 Å². The van der Waals surface area contributed by atoms with Crippen LogP contribution in [0, 0.1) is 0 Å². The minimum atomic E-state index is -0.0766. The van der Waals surface area contributed by atoms with Crippen molar-refractivity contribution in [3.05, 3.63) is 65.4 Å². The lowest BCUT2D eigenvalue weighted by Crippen LogP contribution is -2.37. The number of benzene rings is 2. The Kier molecular flexibility index (Phi) is 7.82. The highest BCUT2D eigenvalue weighted by Gasteiger charge is 2.17. The Labute approximate surface area is 214 Å². The molecule has 2 aromatic carbocycles. The third kappa shape index (κ3) is 6.01.